The van der Waals surface area contributed by atoms with Gasteiger partial charge in [0.2, 0.25) is 0 Å². The summed E-state index contributed by atoms with van der Waals surface area (Å²) in [4.78, 5) is 2.39. The third kappa shape index (κ3) is 3.42. The highest BCUT2D eigenvalue weighted by Gasteiger charge is 2.24. The largest absolute Gasteiger partial charge is 0.467 e. The Hall–Kier alpha value is -1.59. The Morgan fingerprint density at radius 3 is 2.92 bits per heavy atom. The van der Waals surface area contributed by atoms with Crippen LogP contribution in [0.25, 0.3) is 0 Å². The maximum absolute atomic E-state index is 6.27. The minimum atomic E-state index is 0.110. The summed E-state index contributed by atoms with van der Waals surface area (Å²) in [6.45, 7) is 4.15. The predicted octanol–water partition coefficient (Wildman–Crippen LogP) is 3.78. The first-order chi connectivity index (χ1) is 11.8. The van der Waals surface area contributed by atoms with Crippen molar-refractivity contribution in [3.8, 4) is 5.75 Å². The van der Waals surface area contributed by atoms with Gasteiger partial charge in [-0.3, -0.25) is 4.90 Å². The molecule has 2 aromatic rings. The molecule has 4 nitrogen and oxygen atoms in total. The topological polar surface area (TPSA) is 30.9 Å². The number of benzene rings is 2. The van der Waals surface area contributed by atoms with Gasteiger partial charge in [0, 0.05) is 35.8 Å². The first kappa shape index (κ1) is 15.9. The van der Waals surface area contributed by atoms with E-state index in [1.807, 2.05) is 18.2 Å². The summed E-state index contributed by atoms with van der Waals surface area (Å²) in [7, 11) is 0. The van der Waals surface area contributed by atoms with Crippen LogP contribution in [0.4, 0.5) is 0 Å². The Labute approximate surface area is 146 Å². The van der Waals surface area contributed by atoms with Crippen molar-refractivity contribution in [1.82, 2.24) is 4.90 Å². The van der Waals surface area contributed by atoms with E-state index in [1.165, 1.54) is 5.56 Å². The van der Waals surface area contributed by atoms with Crippen molar-refractivity contribution in [2.24, 2.45) is 0 Å². The van der Waals surface area contributed by atoms with E-state index in [4.69, 9.17) is 25.8 Å². The Morgan fingerprint density at radius 2 is 2.04 bits per heavy atom. The summed E-state index contributed by atoms with van der Waals surface area (Å²) in [6, 6.07) is 14.3. The quantitative estimate of drug-likeness (QED) is 0.847. The van der Waals surface area contributed by atoms with Gasteiger partial charge >= 0.3 is 0 Å². The van der Waals surface area contributed by atoms with Crippen molar-refractivity contribution in [1.29, 1.82) is 0 Å². The van der Waals surface area contributed by atoms with Crippen LogP contribution in [0.5, 0.6) is 5.75 Å². The molecule has 2 aromatic carbocycles. The molecule has 5 heteroatoms. The van der Waals surface area contributed by atoms with Gasteiger partial charge in [0.05, 0.1) is 19.3 Å². The lowest BCUT2D eigenvalue weighted by molar-refractivity contribution is -0.0354. The van der Waals surface area contributed by atoms with Crippen molar-refractivity contribution in [3.05, 3.63) is 64.2 Å². The van der Waals surface area contributed by atoms with Crippen LogP contribution in [-0.4, -0.2) is 31.4 Å². The molecule has 0 bridgehead atoms. The highest BCUT2D eigenvalue weighted by Crippen LogP contribution is 2.33. The van der Waals surface area contributed by atoms with Gasteiger partial charge in [-0.2, -0.15) is 0 Å². The van der Waals surface area contributed by atoms with Crippen molar-refractivity contribution in [2.75, 3.05) is 26.5 Å². The van der Waals surface area contributed by atoms with Crippen LogP contribution < -0.4 is 4.74 Å². The molecule has 0 saturated carbocycles. The Bertz CT molecular complexity index is 707. The molecule has 1 atom stereocenters. The molecule has 1 fully saturated rings. The second-order valence-corrected chi connectivity index (χ2v) is 6.61. The molecule has 0 aliphatic carbocycles. The highest BCUT2D eigenvalue weighted by molar-refractivity contribution is 6.30. The fourth-order valence-electron chi connectivity index (χ4n) is 3.33. The molecule has 1 saturated heterocycles. The molecule has 0 N–H and O–H groups in total. The number of ether oxygens (including phenoxy) is 3. The number of hydrogen-bond acceptors (Lipinski definition) is 4. The smallest absolute Gasteiger partial charge is 0.189 e. The molecule has 126 valence electrons. The van der Waals surface area contributed by atoms with Crippen molar-refractivity contribution in [2.45, 2.75) is 19.3 Å². The predicted molar refractivity (Wildman–Crippen MR) is 92.1 cm³/mol. The standard InChI is InChI=1S/C19H20ClNO3/c20-17-8-15(19-16(9-17)12-22-13-24-19)10-21-6-7-23-18(11-21)14-4-2-1-3-5-14/h1-5,8-9,18H,6-7,10-13H2. The van der Waals surface area contributed by atoms with Crippen LogP contribution in [0, 0.1) is 0 Å². The fraction of sp³-hybridized carbons (Fsp3) is 0.368. The van der Waals surface area contributed by atoms with Crippen LogP contribution in [0.3, 0.4) is 0 Å². The molecule has 0 spiro atoms. The summed E-state index contributed by atoms with van der Waals surface area (Å²) in [5.41, 5.74) is 3.37. The summed E-state index contributed by atoms with van der Waals surface area (Å²) in [5, 5.41) is 0.728. The lowest BCUT2D eigenvalue weighted by Crippen LogP contribution is -2.38. The van der Waals surface area contributed by atoms with Gasteiger partial charge in [0.15, 0.2) is 6.79 Å². The van der Waals surface area contributed by atoms with Crippen molar-refractivity contribution >= 4 is 11.6 Å². The molecule has 0 radical (unpaired) electrons. The average molecular weight is 346 g/mol. The number of fused-ring (bicyclic) bond motifs is 1. The van der Waals surface area contributed by atoms with Gasteiger partial charge < -0.3 is 14.2 Å². The number of rotatable bonds is 3. The van der Waals surface area contributed by atoms with Crippen LogP contribution in [0.2, 0.25) is 5.02 Å². The van der Waals surface area contributed by atoms with Crippen LogP contribution in [0.15, 0.2) is 42.5 Å². The minimum Gasteiger partial charge on any atom is -0.467 e. The van der Waals surface area contributed by atoms with Crippen molar-refractivity contribution in [3.63, 3.8) is 0 Å². The molecular formula is C19H20ClNO3. The second-order valence-electron chi connectivity index (χ2n) is 6.17. The monoisotopic (exact) mass is 345 g/mol. The van der Waals surface area contributed by atoms with Crippen LogP contribution >= 0.6 is 11.6 Å². The zero-order valence-corrected chi connectivity index (χ0v) is 14.2. The van der Waals surface area contributed by atoms with E-state index >= 15 is 0 Å². The second kappa shape index (κ2) is 7.11. The SMILES string of the molecule is Clc1cc2c(c(CN3CCOC(c4ccccc4)C3)c1)OCOC2. The molecule has 0 amide bonds. The Morgan fingerprint density at radius 1 is 1.17 bits per heavy atom. The summed E-state index contributed by atoms with van der Waals surface area (Å²) >= 11 is 6.27. The first-order valence-corrected chi connectivity index (χ1v) is 8.58. The molecule has 4 rings (SSSR count). The molecule has 2 aliphatic rings. The molecule has 24 heavy (non-hydrogen) atoms. The number of halogens is 1. The third-order valence-corrected chi connectivity index (χ3v) is 4.69. The maximum Gasteiger partial charge on any atom is 0.189 e. The zero-order chi connectivity index (χ0) is 16.4. The Balaban J connectivity index is 1.52. The van der Waals surface area contributed by atoms with E-state index in [0.29, 0.717) is 13.4 Å². The van der Waals surface area contributed by atoms with Gasteiger partial charge in [-0.05, 0) is 17.7 Å². The summed E-state index contributed by atoms with van der Waals surface area (Å²) in [6.07, 6.45) is 0.110. The van der Waals surface area contributed by atoms with E-state index in [1.54, 1.807) is 0 Å². The molecular weight excluding hydrogens is 326 g/mol. The summed E-state index contributed by atoms with van der Waals surface area (Å²) < 4.78 is 17.0. The average Bonchev–Trinajstić information content (AvgIpc) is 2.62. The van der Waals surface area contributed by atoms with E-state index in [-0.39, 0.29) is 6.10 Å². The fourth-order valence-corrected chi connectivity index (χ4v) is 3.59. The van der Waals surface area contributed by atoms with E-state index in [0.717, 1.165) is 48.1 Å². The molecule has 2 heterocycles. The van der Waals surface area contributed by atoms with Crippen LogP contribution in [0.1, 0.15) is 22.8 Å². The van der Waals surface area contributed by atoms with Gasteiger partial charge in [-0.15, -0.1) is 0 Å². The summed E-state index contributed by atoms with van der Waals surface area (Å²) in [5.74, 6) is 0.924. The third-order valence-electron chi connectivity index (χ3n) is 4.47. The zero-order valence-electron chi connectivity index (χ0n) is 13.4. The van der Waals surface area contributed by atoms with E-state index in [2.05, 4.69) is 29.2 Å². The number of nitrogens with zero attached hydrogens (tertiary/aromatic N) is 1. The minimum absolute atomic E-state index is 0.110. The first-order valence-electron chi connectivity index (χ1n) is 8.20. The Kier molecular flexibility index (Phi) is 4.72. The van der Waals surface area contributed by atoms with Gasteiger partial charge in [-0.1, -0.05) is 41.9 Å². The van der Waals surface area contributed by atoms with E-state index < -0.39 is 0 Å². The van der Waals surface area contributed by atoms with Gasteiger partial charge in [0.1, 0.15) is 5.75 Å². The lowest BCUT2D eigenvalue weighted by Gasteiger charge is -2.34. The van der Waals surface area contributed by atoms with Crippen molar-refractivity contribution < 1.29 is 14.2 Å². The normalized spacial score (nSPS) is 21.1. The molecule has 2 aliphatic heterocycles. The maximum atomic E-state index is 6.27. The molecule has 0 aromatic heterocycles. The van der Waals surface area contributed by atoms with Crippen LogP contribution in [-0.2, 0) is 22.6 Å². The highest BCUT2D eigenvalue weighted by atomic mass is 35.5. The number of hydrogen-bond donors (Lipinski definition) is 0. The van der Waals surface area contributed by atoms with Gasteiger partial charge in [-0.25, -0.2) is 0 Å². The van der Waals surface area contributed by atoms with E-state index in [9.17, 15) is 0 Å². The van der Waals surface area contributed by atoms with Gasteiger partial charge in [0.25, 0.3) is 0 Å². The lowest BCUT2D eigenvalue weighted by atomic mass is 10.1. The number of morpholine rings is 1. The molecule has 1 unspecified atom stereocenters.